The molecule has 90 valence electrons. The van der Waals surface area contributed by atoms with Crippen molar-refractivity contribution < 1.29 is 0 Å². The first kappa shape index (κ1) is 12.3. The molecule has 1 aromatic carbocycles. The summed E-state index contributed by atoms with van der Waals surface area (Å²) < 4.78 is 0. The molecule has 0 radical (unpaired) electrons. The van der Waals surface area contributed by atoms with Gasteiger partial charge in [-0.2, -0.15) is 11.3 Å². The maximum atomic E-state index is 5.65. The highest BCUT2D eigenvalue weighted by Crippen LogP contribution is 2.19. The largest absolute Gasteiger partial charge is 0.271 e. The second-order valence-corrected chi connectivity index (χ2v) is 4.93. The van der Waals surface area contributed by atoms with Gasteiger partial charge in [-0.15, -0.1) is 0 Å². The smallest absolute Gasteiger partial charge is 0.0500 e. The fourth-order valence-corrected chi connectivity index (χ4v) is 2.58. The molecule has 1 aromatic heterocycles. The van der Waals surface area contributed by atoms with Crippen LogP contribution in [0.1, 0.15) is 29.7 Å². The number of nitrogens with two attached hydrogens (primary N) is 1. The minimum Gasteiger partial charge on any atom is -0.271 e. The average molecular weight is 246 g/mol. The SMILES string of the molecule is CCc1ccc(C(Cc2ccsc2)NN)cc1. The molecule has 2 rings (SSSR count). The Kier molecular flexibility index (Phi) is 4.31. The van der Waals surface area contributed by atoms with Crippen LogP contribution in [0.4, 0.5) is 0 Å². The van der Waals surface area contributed by atoms with Gasteiger partial charge in [0.2, 0.25) is 0 Å². The highest BCUT2D eigenvalue weighted by atomic mass is 32.1. The van der Waals surface area contributed by atoms with Gasteiger partial charge in [0.25, 0.3) is 0 Å². The Morgan fingerprint density at radius 1 is 1.18 bits per heavy atom. The molecule has 0 aliphatic carbocycles. The van der Waals surface area contributed by atoms with Gasteiger partial charge in [0.15, 0.2) is 0 Å². The van der Waals surface area contributed by atoms with E-state index in [0.29, 0.717) is 0 Å². The number of hydrazine groups is 1. The Hall–Kier alpha value is -1.16. The van der Waals surface area contributed by atoms with Crippen molar-refractivity contribution in [2.75, 3.05) is 0 Å². The van der Waals surface area contributed by atoms with E-state index >= 15 is 0 Å². The maximum Gasteiger partial charge on any atom is 0.0500 e. The van der Waals surface area contributed by atoms with Crippen molar-refractivity contribution in [1.29, 1.82) is 0 Å². The standard InChI is InChI=1S/C14H18N2S/c1-2-11-3-5-13(6-4-11)14(16-15)9-12-7-8-17-10-12/h3-8,10,14,16H,2,9,15H2,1H3. The zero-order valence-corrected chi connectivity index (χ0v) is 10.8. The molecular formula is C14H18N2S. The molecule has 1 atom stereocenters. The molecule has 0 saturated heterocycles. The molecule has 3 heteroatoms. The summed E-state index contributed by atoms with van der Waals surface area (Å²) in [5, 5.41) is 4.27. The number of hydrogen-bond donors (Lipinski definition) is 2. The van der Waals surface area contributed by atoms with Gasteiger partial charge in [-0.25, -0.2) is 0 Å². The van der Waals surface area contributed by atoms with Crippen molar-refractivity contribution in [1.82, 2.24) is 5.43 Å². The number of thiophene rings is 1. The van der Waals surface area contributed by atoms with Gasteiger partial charge in [0.1, 0.15) is 0 Å². The molecule has 0 fully saturated rings. The van der Waals surface area contributed by atoms with Gasteiger partial charge in [0.05, 0.1) is 6.04 Å². The van der Waals surface area contributed by atoms with Crippen LogP contribution in [0.15, 0.2) is 41.1 Å². The Bertz CT molecular complexity index is 434. The van der Waals surface area contributed by atoms with E-state index in [1.54, 1.807) is 11.3 Å². The number of benzene rings is 1. The zero-order chi connectivity index (χ0) is 12.1. The van der Waals surface area contributed by atoms with E-state index in [4.69, 9.17) is 5.84 Å². The van der Waals surface area contributed by atoms with Gasteiger partial charge in [-0.05, 0) is 46.4 Å². The van der Waals surface area contributed by atoms with Crippen LogP contribution in [0.2, 0.25) is 0 Å². The lowest BCUT2D eigenvalue weighted by Crippen LogP contribution is -2.29. The van der Waals surface area contributed by atoms with Gasteiger partial charge in [-0.1, -0.05) is 31.2 Å². The van der Waals surface area contributed by atoms with Crippen molar-refractivity contribution in [3.8, 4) is 0 Å². The minimum absolute atomic E-state index is 0.190. The van der Waals surface area contributed by atoms with Gasteiger partial charge >= 0.3 is 0 Å². The average Bonchev–Trinajstić information content (AvgIpc) is 2.89. The summed E-state index contributed by atoms with van der Waals surface area (Å²) in [4.78, 5) is 0. The second-order valence-electron chi connectivity index (χ2n) is 4.15. The summed E-state index contributed by atoms with van der Waals surface area (Å²) in [5.74, 6) is 5.65. The molecule has 17 heavy (non-hydrogen) atoms. The summed E-state index contributed by atoms with van der Waals surface area (Å²) in [6.45, 7) is 2.17. The van der Waals surface area contributed by atoms with Gasteiger partial charge < -0.3 is 0 Å². The molecule has 1 heterocycles. The normalized spacial score (nSPS) is 12.6. The monoisotopic (exact) mass is 246 g/mol. The molecule has 0 aliphatic rings. The van der Waals surface area contributed by atoms with Crippen LogP contribution in [0.3, 0.4) is 0 Å². The lowest BCUT2D eigenvalue weighted by atomic mass is 9.99. The Labute approximate surface area is 106 Å². The molecule has 3 N–H and O–H groups in total. The Morgan fingerprint density at radius 3 is 2.47 bits per heavy atom. The number of rotatable bonds is 5. The second kappa shape index (κ2) is 5.96. The summed E-state index contributed by atoms with van der Waals surface area (Å²) in [6.07, 6.45) is 2.01. The van der Waals surface area contributed by atoms with Crippen molar-refractivity contribution in [3.05, 3.63) is 57.8 Å². The molecule has 0 amide bonds. The topological polar surface area (TPSA) is 38.0 Å². The van der Waals surface area contributed by atoms with Gasteiger partial charge in [-0.3, -0.25) is 11.3 Å². The molecule has 2 aromatic rings. The summed E-state index contributed by atoms with van der Waals surface area (Å²) in [6, 6.07) is 11.0. The van der Waals surface area contributed by atoms with Crippen molar-refractivity contribution in [2.24, 2.45) is 5.84 Å². The lowest BCUT2D eigenvalue weighted by Gasteiger charge is -2.16. The first-order chi connectivity index (χ1) is 8.33. The van der Waals surface area contributed by atoms with Gasteiger partial charge in [0, 0.05) is 0 Å². The van der Waals surface area contributed by atoms with E-state index in [2.05, 4.69) is 53.4 Å². The van der Waals surface area contributed by atoms with Crippen LogP contribution in [0, 0.1) is 0 Å². The summed E-state index contributed by atoms with van der Waals surface area (Å²) in [7, 11) is 0. The van der Waals surface area contributed by atoms with Crippen molar-refractivity contribution in [3.63, 3.8) is 0 Å². The van der Waals surface area contributed by atoms with E-state index < -0.39 is 0 Å². The molecule has 0 saturated carbocycles. The van der Waals surface area contributed by atoms with Crippen LogP contribution in [0.5, 0.6) is 0 Å². The first-order valence-electron chi connectivity index (χ1n) is 5.89. The minimum atomic E-state index is 0.190. The predicted molar refractivity (Wildman–Crippen MR) is 73.9 cm³/mol. The van der Waals surface area contributed by atoms with Crippen LogP contribution >= 0.6 is 11.3 Å². The van der Waals surface area contributed by atoms with E-state index in [1.165, 1.54) is 16.7 Å². The Morgan fingerprint density at radius 2 is 1.94 bits per heavy atom. The molecule has 1 unspecified atom stereocenters. The quantitative estimate of drug-likeness (QED) is 0.628. The summed E-state index contributed by atoms with van der Waals surface area (Å²) in [5.41, 5.74) is 6.84. The fraction of sp³-hybridized carbons (Fsp3) is 0.286. The Balaban J connectivity index is 2.11. The third kappa shape index (κ3) is 3.16. The fourth-order valence-electron chi connectivity index (χ4n) is 1.90. The zero-order valence-electron chi connectivity index (χ0n) is 10.0. The highest BCUT2D eigenvalue weighted by Gasteiger charge is 2.10. The van der Waals surface area contributed by atoms with E-state index in [0.717, 1.165) is 12.8 Å². The van der Waals surface area contributed by atoms with E-state index in [1.807, 2.05) is 0 Å². The van der Waals surface area contributed by atoms with Crippen molar-refractivity contribution in [2.45, 2.75) is 25.8 Å². The van der Waals surface area contributed by atoms with E-state index in [-0.39, 0.29) is 6.04 Å². The van der Waals surface area contributed by atoms with Crippen LogP contribution in [0.25, 0.3) is 0 Å². The first-order valence-corrected chi connectivity index (χ1v) is 6.83. The predicted octanol–water partition coefficient (Wildman–Crippen LogP) is 3.06. The summed E-state index contributed by atoms with van der Waals surface area (Å²) >= 11 is 1.72. The molecule has 2 nitrogen and oxygen atoms in total. The number of hydrogen-bond acceptors (Lipinski definition) is 3. The van der Waals surface area contributed by atoms with Crippen LogP contribution in [-0.2, 0) is 12.8 Å². The van der Waals surface area contributed by atoms with E-state index in [9.17, 15) is 0 Å². The molecule has 0 spiro atoms. The third-order valence-corrected chi connectivity index (χ3v) is 3.74. The molecular weight excluding hydrogens is 228 g/mol. The van der Waals surface area contributed by atoms with Crippen LogP contribution in [-0.4, -0.2) is 0 Å². The number of aryl methyl sites for hydroxylation is 1. The lowest BCUT2D eigenvalue weighted by molar-refractivity contribution is 0.552. The number of nitrogens with one attached hydrogen (secondary N) is 1. The van der Waals surface area contributed by atoms with Crippen LogP contribution < -0.4 is 11.3 Å². The molecule has 0 bridgehead atoms. The maximum absolute atomic E-state index is 5.65. The third-order valence-electron chi connectivity index (χ3n) is 3.01. The highest BCUT2D eigenvalue weighted by molar-refractivity contribution is 7.07. The van der Waals surface area contributed by atoms with Crippen molar-refractivity contribution >= 4 is 11.3 Å². The molecule has 0 aliphatic heterocycles.